The maximum atomic E-state index is 12.0. The smallest absolute Gasteiger partial charge is 0.0122 e. The molecule has 0 aromatic heterocycles. The van der Waals surface area contributed by atoms with E-state index in [1.807, 2.05) is 13.8 Å². The minimum absolute atomic E-state index is 0. The number of hydrogen-bond donors (Lipinski definition) is 0. The quantitative estimate of drug-likeness (QED) is 0.618. The van der Waals surface area contributed by atoms with Crippen LogP contribution in [0.4, 0.5) is 4.39 Å². The van der Waals surface area contributed by atoms with Crippen LogP contribution in [-0.2, 0) is 32.7 Å². The fraction of sp³-hybridized carbons (Fsp3) is 0.250. The van der Waals surface area contributed by atoms with Crippen LogP contribution in [0.25, 0.3) is 0 Å². The Labute approximate surface area is 97.0 Å². The molecule has 1 aromatic carbocycles. The van der Waals surface area contributed by atoms with E-state index in [2.05, 4.69) is 6.07 Å². The predicted molar refractivity (Wildman–Crippen MR) is 41.6 cm³/mol. The summed E-state index contributed by atoms with van der Waals surface area (Å²) < 4.78 is 12.0. The molecule has 0 spiro atoms. The van der Waals surface area contributed by atoms with E-state index in [1.165, 1.54) is 12.1 Å². The molecule has 1 aromatic rings. The first kappa shape index (κ1) is 14.1. The van der Waals surface area contributed by atoms with Gasteiger partial charge in [-0.05, 0) is 0 Å². The summed E-state index contributed by atoms with van der Waals surface area (Å²) in [5.74, 6) is -0.419. The third-order valence-electron chi connectivity index (χ3n) is 0.728. The second-order valence-electron chi connectivity index (χ2n) is 1.35. The third kappa shape index (κ3) is 6.92. The number of rotatable bonds is 0. The molecule has 0 aliphatic heterocycles. The average molecular weight is 249 g/mol. The van der Waals surface area contributed by atoms with Crippen molar-refractivity contribution in [1.82, 2.24) is 0 Å². The number of halogens is 2. The van der Waals surface area contributed by atoms with Gasteiger partial charge in [-0.25, -0.2) is 4.39 Å². The first-order valence-corrected chi connectivity index (χ1v) is 3.49. The van der Waals surface area contributed by atoms with Gasteiger partial charge < -0.3 is 0 Å². The molecule has 0 unspecified atom stereocenters. The number of hydrogen-bond acceptors (Lipinski definition) is 0. The third-order valence-corrected chi connectivity index (χ3v) is 0.963. The molecule has 0 N–H and O–H groups in total. The first-order chi connectivity index (χ1) is 4.79. The molecule has 0 amide bonds. The zero-order chi connectivity index (χ0) is 7.98. The Balaban J connectivity index is 0. The Bertz CT molecular complexity index is 174. The second kappa shape index (κ2) is 8.64. The molecule has 0 heterocycles. The monoisotopic (exact) mass is 248 g/mol. The van der Waals surface area contributed by atoms with E-state index in [1.54, 1.807) is 6.07 Å². The summed E-state index contributed by atoms with van der Waals surface area (Å²) in [4.78, 5) is 0. The van der Waals surface area contributed by atoms with Gasteiger partial charge in [0.15, 0.2) is 0 Å². The van der Waals surface area contributed by atoms with Crippen LogP contribution in [0, 0.1) is 11.9 Å². The van der Waals surface area contributed by atoms with Crippen molar-refractivity contribution < 1.29 is 37.1 Å². The van der Waals surface area contributed by atoms with E-state index in [0.29, 0.717) is 5.02 Å². The Morgan fingerprint density at radius 3 is 2.27 bits per heavy atom. The summed E-state index contributed by atoms with van der Waals surface area (Å²) in [6.07, 6.45) is 0. The van der Waals surface area contributed by atoms with Crippen LogP contribution in [0.3, 0.4) is 0 Å². The molecule has 0 nitrogen and oxygen atoms in total. The van der Waals surface area contributed by atoms with Crippen LogP contribution in [-0.4, -0.2) is 0 Å². The van der Waals surface area contributed by atoms with Gasteiger partial charge in [0, 0.05) is 38.5 Å². The molecule has 59 valence electrons. The van der Waals surface area contributed by atoms with Gasteiger partial charge in [0.1, 0.15) is 0 Å². The van der Waals surface area contributed by atoms with Crippen molar-refractivity contribution in [2.24, 2.45) is 0 Å². The summed E-state index contributed by atoms with van der Waals surface area (Å²) in [5, 5.41) is 0.404. The second-order valence-corrected chi connectivity index (χ2v) is 1.79. The molecular formula is C8H9ClFY-. The van der Waals surface area contributed by atoms with E-state index < -0.39 is 5.82 Å². The number of benzene rings is 1. The van der Waals surface area contributed by atoms with Crippen molar-refractivity contribution in [3.63, 3.8) is 0 Å². The van der Waals surface area contributed by atoms with Gasteiger partial charge in [-0.3, -0.25) is 0 Å². The van der Waals surface area contributed by atoms with Crippen LogP contribution in [0.5, 0.6) is 0 Å². The maximum Gasteiger partial charge on any atom is 0.0122 e. The SMILES string of the molecule is CC.Fc1[c-]ccc(Cl)c1.[Y]. The molecule has 0 atom stereocenters. The Morgan fingerprint density at radius 2 is 2.00 bits per heavy atom. The molecule has 0 bridgehead atoms. The summed E-state index contributed by atoms with van der Waals surface area (Å²) in [6.45, 7) is 4.00. The molecular weight excluding hydrogens is 239 g/mol. The standard InChI is InChI=1S/C6H3ClF.C2H6.Y/c7-5-2-1-3-6(8)4-5;1-2;/h1-2,4H;1-2H3;/q-1;;. The van der Waals surface area contributed by atoms with Crippen molar-refractivity contribution in [1.29, 1.82) is 0 Å². The van der Waals surface area contributed by atoms with Crippen LogP contribution in [0.1, 0.15) is 13.8 Å². The van der Waals surface area contributed by atoms with Gasteiger partial charge in [0.2, 0.25) is 0 Å². The van der Waals surface area contributed by atoms with E-state index in [-0.39, 0.29) is 32.7 Å². The zero-order valence-corrected chi connectivity index (χ0v) is 10.2. The van der Waals surface area contributed by atoms with Gasteiger partial charge in [-0.15, -0.1) is 23.7 Å². The fourth-order valence-corrected chi connectivity index (χ4v) is 0.571. The van der Waals surface area contributed by atoms with Crippen LogP contribution >= 0.6 is 11.6 Å². The maximum absolute atomic E-state index is 12.0. The molecule has 0 saturated carbocycles. The van der Waals surface area contributed by atoms with E-state index in [0.717, 1.165) is 0 Å². The van der Waals surface area contributed by atoms with E-state index >= 15 is 0 Å². The summed E-state index contributed by atoms with van der Waals surface area (Å²) in [6, 6.07) is 6.55. The van der Waals surface area contributed by atoms with Crippen LogP contribution < -0.4 is 0 Å². The Morgan fingerprint density at radius 1 is 1.45 bits per heavy atom. The normalized spacial score (nSPS) is 7.27. The predicted octanol–water partition coefficient (Wildman–Crippen LogP) is 3.30. The minimum atomic E-state index is -0.419. The van der Waals surface area contributed by atoms with Crippen LogP contribution in [0.2, 0.25) is 5.02 Å². The van der Waals surface area contributed by atoms with E-state index in [9.17, 15) is 4.39 Å². The van der Waals surface area contributed by atoms with Gasteiger partial charge >= 0.3 is 0 Å². The molecule has 3 heteroatoms. The largest absolute Gasteiger partial charge is 0.236 e. The summed E-state index contributed by atoms with van der Waals surface area (Å²) >= 11 is 5.38. The molecule has 0 aliphatic carbocycles. The van der Waals surface area contributed by atoms with Gasteiger partial charge in [-0.1, -0.05) is 18.9 Å². The molecule has 0 fully saturated rings. The molecule has 0 aliphatic rings. The van der Waals surface area contributed by atoms with Crippen molar-refractivity contribution in [3.8, 4) is 0 Å². The van der Waals surface area contributed by atoms with Gasteiger partial charge in [0.05, 0.1) is 0 Å². The minimum Gasteiger partial charge on any atom is -0.236 e. The van der Waals surface area contributed by atoms with Gasteiger partial charge in [-0.2, -0.15) is 12.1 Å². The topological polar surface area (TPSA) is 0 Å². The van der Waals surface area contributed by atoms with Crippen molar-refractivity contribution in [2.75, 3.05) is 0 Å². The van der Waals surface area contributed by atoms with E-state index in [4.69, 9.17) is 11.6 Å². The Kier molecular flexibility index (Phi) is 11.1. The van der Waals surface area contributed by atoms with Crippen molar-refractivity contribution in [3.05, 3.63) is 35.1 Å². The summed E-state index contributed by atoms with van der Waals surface area (Å²) in [5.41, 5.74) is 0. The molecule has 1 rings (SSSR count). The van der Waals surface area contributed by atoms with Gasteiger partial charge in [0.25, 0.3) is 0 Å². The molecule has 0 saturated heterocycles. The summed E-state index contributed by atoms with van der Waals surface area (Å²) in [7, 11) is 0. The zero-order valence-electron chi connectivity index (χ0n) is 6.57. The fourth-order valence-electron chi connectivity index (χ4n) is 0.412. The van der Waals surface area contributed by atoms with Crippen molar-refractivity contribution in [2.45, 2.75) is 13.8 Å². The molecule has 11 heavy (non-hydrogen) atoms. The first-order valence-electron chi connectivity index (χ1n) is 3.12. The Hall–Kier alpha value is 0.544. The molecule has 1 radical (unpaired) electrons. The average Bonchev–Trinajstić information content (AvgIpc) is 1.91. The van der Waals surface area contributed by atoms with Crippen LogP contribution in [0.15, 0.2) is 18.2 Å². The van der Waals surface area contributed by atoms with Crippen molar-refractivity contribution >= 4 is 11.6 Å².